The number of rotatable bonds is 5. The minimum absolute atomic E-state index is 0.189. The molecule has 19 heavy (non-hydrogen) atoms. The van der Waals surface area contributed by atoms with Crippen molar-refractivity contribution < 1.29 is 8.42 Å². The van der Waals surface area contributed by atoms with Gasteiger partial charge in [0.25, 0.3) is 0 Å². The van der Waals surface area contributed by atoms with E-state index in [-0.39, 0.29) is 11.2 Å². The molecule has 0 spiro atoms. The van der Waals surface area contributed by atoms with Gasteiger partial charge in [0.15, 0.2) is 0 Å². The number of nitrogens with one attached hydrogen (secondary N) is 1. The minimum atomic E-state index is -2.85. The monoisotopic (exact) mass is 281 g/mol. The van der Waals surface area contributed by atoms with Crippen molar-refractivity contribution >= 4 is 9.84 Å². The molecule has 0 saturated heterocycles. The van der Waals surface area contributed by atoms with E-state index in [9.17, 15) is 8.42 Å². The van der Waals surface area contributed by atoms with Crippen LogP contribution in [0.3, 0.4) is 0 Å². The Morgan fingerprint density at radius 3 is 2.68 bits per heavy atom. The van der Waals surface area contributed by atoms with Crippen molar-refractivity contribution in [3.8, 4) is 0 Å². The van der Waals surface area contributed by atoms with Crippen molar-refractivity contribution in [2.45, 2.75) is 32.7 Å². The van der Waals surface area contributed by atoms with Crippen LogP contribution < -0.4 is 5.32 Å². The maximum Gasteiger partial charge on any atom is 0.147 e. The van der Waals surface area contributed by atoms with E-state index in [1.807, 2.05) is 0 Å². The Morgan fingerprint density at radius 2 is 2.00 bits per heavy atom. The number of fused-ring (bicyclic) bond motifs is 1. The average Bonchev–Trinajstić information content (AvgIpc) is 2.53. The first kappa shape index (κ1) is 14.5. The summed E-state index contributed by atoms with van der Waals surface area (Å²) in [6.45, 7) is 5.28. The molecule has 0 amide bonds. The lowest BCUT2D eigenvalue weighted by atomic mass is 9.85. The molecule has 0 fully saturated rings. The second-order valence-corrected chi connectivity index (χ2v) is 8.49. The van der Waals surface area contributed by atoms with Crippen LogP contribution in [0.15, 0.2) is 24.3 Å². The summed E-state index contributed by atoms with van der Waals surface area (Å²) in [7, 11) is -2.85. The topological polar surface area (TPSA) is 46.2 Å². The summed E-state index contributed by atoms with van der Waals surface area (Å²) in [6.07, 6.45) is 3.04. The van der Waals surface area contributed by atoms with Gasteiger partial charge in [-0.3, -0.25) is 0 Å². The molecular weight excluding hydrogens is 258 g/mol. The van der Waals surface area contributed by atoms with Gasteiger partial charge >= 0.3 is 0 Å². The predicted octanol–water partition coefficient (Wildman–Crippen LogP) is 2.33. The molecule has 0 aliphatic heterocycles. The van der Waals surface area contributed by atoms with Gasteiger partial charge in [-0.25, -0.2) is 8.42 Å². The van der Waals surface area contributed by atoms with Crippen LogP contribution in [-0.2, 0) is 16.3 Å². The van der Waals surface area contributed by atoms with Gasteiger partial charge < -0.3 is 5.32 Å². The lowest BCUT2D eigenvalue weighted by Crippen LogP contribution is -2.32. The Hall–Kier alpha value is -0.870. The highest BCUT2D eigenvalue weighted by Gasteiger charge is 2.37. The number of sulfone groups is 1. The molecule has 1 atom stereocenters. The standard InChI is InChI=1S/C15H23NO2S/c1-15(2)11-12-7-4-5-8-13(12)14(15)16-9-6-10-19(3,17)18/h4-5,7-8,14,16H,6,9-11H2,1-3H3. The molecular formula is C15H23NO2S. The van der Waals surface area contributed by atoms with Gasteiger partial charge in [0, 0.05) is 12.3 Å². The van der Waals surface area contributed by atoms with Crippen LogP contribution in [-0.4, -0.2) is 27.0 Å². The summed E-state index contributed by atoms with van der Waals surface area (Å²) in [5, 5.41) is 3.54. The number of hydrogen-bond donors (Lipinski definition) is 1. The van der Waals surface area contributed by atoms with Gasteiger partial charge in [-0.2, -0.15) is 0 Å². The molecule has 1 aromatic rings. The first-order valence-electron chi connectivity index (χ1n) is 6.78. The molecule has 1 aliphatic carbocycles. The fourth-order valence-electron chi connectivity index (χ4n) is 2.96. The van der Waals surface area contributed by atoms with E-state index < -0.39 is 9.84 Å². The summed E-state index contributed by atoms with van der Waals surface area (Å²) < 4.78 is 22.3. The first-order valence-corrected chi connectivity index (χ1v) is 8.84. The van der Waals surface area contributed by atoms with Crippen molar-refractivity contribution in [1.29, 1.82) is 0 Å². The largest absolute Gasteiger partial charge is 0.309 e. The summed E-state index contributed by atoms with van der Waals surface area (Å²) in [5.74, 6) is 0.259. The SMILES string of the molecule is CC1(C)Cc2ccccc2C1NCCCS(C)(=O)=O. The molecule has 0 aromatic heterocycles. The zero-order valence-corrected chi connectivity index (χ0v) is 12.8. The van der Waals surface area contributed by atoms with Crippen molar-refractivity contribution in [2.75, 3.05) is 18.6 Å². The highest BCUT2D eigenvalue weighted by molar-refractivity contribution is 7.90. The van der Waals surface area contributed by atoms with Crippen molar-refractivity contribution in [3.05, 3.63) is 35.4 Å². The van der Waals surface area contributed by atoms with E-state index in [4.69, 9.17) is 0 Å². The van der Waals surface area contributed by atoms with E-state index in [2.05, 4.69) is 43.4 Å². The van der Waals surface area contributed by atoms with Crippen LogP contribution in [0.5, 0.6) is 0 Å². The van der Waals surface area contributed by atoms with Gasteiger partial charge in [-0.15, -0.1) is 0 Å². The summed E-state index contributed by atoms with van der Waals surface area (Å²) in [6, 6.07) is 8.85. The maximum absolute atomic E-state index is 11.1. The Kier molecular flexibility index (Phi) is 4.02. The van der Waals surface area contributed by atoms with Crippen LogP contribution in [0.25, 0.3) is 0 Å². The third-order valence-electron chi connectivity index (χ3n) is 3.83. The molecule has 106 valence electrons. The Morgan fingerprint density at radius 1 is 1.32 bits per heavy atom. The molecule has 4 heteroatoms. The van der Waals surface area contributed by atoms with E-state index in [1.165, 1.54) is 17.4 Å². The summed E-state index contributed by atoms with van der Waals surface area (Å²) >= 11 is 0. The van der Waals surface area contributed by atoms with Crippen molar-refractivity contribution in [3.63, 3.8) is 0 Å². The van der Waals surface area contributed by atoms with Gasteiger partial charge in [-0.1, -0.05) is 38.1 Å². The minimum Gasteiger partial charge on any atom is -0.309 e. The van der Waals surface area contributed by atoms with Crippen molar-refractivity contribution in [2.24, 2.45) is 5.41 Å². The third-order valence-corrected chi connectivity index (χ3v) is 4.86. The lowest BCUT2D eigenvalue weighted by molar-refractivity contribution is 0.270. The van der Waals surface area contributed by atoms with Gasteiger partial charge in [0.2, 0.25) is 0 Å². The molecule has 0 heterocycles. The summed E-state index contributed by atoms with van der Waals surface area (Å²) in [5.41, 5.74) is 2.97. The molecule has 1 aliphatic rings. The molecule has 1 N–H and O–H groups in total. The highest BCUT2D eigenvalue weighted by atomic mass is 32.2. The number of benzene rings is 1. The normalized spacial score (nSPS) is 21.3. The summed E-state index contributed by atoms with van der Waals surface area (Å²) in [4.78, 5) is 0. The molecule has 1 unspecified atom stereocenters. The van der Waals surface area contributed by atoms with Crippen LogP contribution in [0.4, 0.5) is 0 Å². The van der Waals surface area contributed by atoms with Crippen LogP contribution in [0.1, 0.15) is 37.4 Å². The van der Waals surface area contributed by atoms with Crippen LogP contribution in [0, 0.1) is 5.41 Å². The number of hydrogen-bond acceptors (Lipinski definition) is 3. The molecule has 0 radical (unpaired) electrons. The van der Waals surface area contributed by atoms with E-state index in [0.717, 1.165) is 13.0 Å². The third kappa shape index (κ3) is 3.57. The van der Waals surface area contributed by atoms with E-state index >= 15 is 0 Å². The van der Waals surface area contributed by atoms with Crippen LogP contribution in [0.2, 0.25) is 0 Å². The van der Waals surface area contributed by atoms with E-state index in [0.29, 0.717) is 12.5 Å². The highest BCUT2D eigenvalue weighted by Crippen LogP contribution is 2.44. The quantitative estimate of drug-likeness (QED) is 0.843. The Labute approximate surface area is 116 Å². The Balaban J connectivity index is 1.99. The molecule has 2 rings (SSSR count). The zero-order valence-electron chi connectivity index (χ0n) is 11.9. The van der Waals surface area contributed by atoms with Gasteiger partial charge in [-0.05, 0) is 35.9 Å². The maximum atomic E-state index is 11.1. The fourth-order valence-corrected chi connectivity index (χ4v) is 3.63. The molecule has 0 bridgehead atoms. The molecule has 3 nitrogen and oxygen atoms in total. The van der Waals surface area contributed by atoms with Crippen LogP contribution >= 0.6 is 0 Å². The Bertz CT molecular complexity index is 549. The first-order chi connectivity index (χ1) is 8.80. The molecule has 1 aromatic carbocycles. The predicted molar refractivity (Wildman–Crippen MR) is 79.0 cm³/mol. The second kappa shape index (κ2) is 5.25. The zero-order chi connectivity index (χ0) is 14.1. The average molecular weight is 281 g/mol. The molecule has 0 saturated carbocycles. The van der Waals surface area contributed by atoms with Crippen molar-refractivity contribution in [1.82, 2.24) is 5.32 Å². The fraction of sp³-hybridized carbons (Fsp3) is 0.600. The smallest absolute Gasteiger partial charge is 0.147 e. The van der Waals surface area contributed by atoms with Gasteiger partial charge in [0.05, 0.1) is 5.75 Å². The van der Waals surface area contributed by atoms with Gasteiger partial charge in [0.1, 0.15) is 9.84 Å². The lowest BCUT2D eigenvalue weighted by Gasteiger charge is -2.28. The van der Waals surface area contributed by atoms with E-state index in [1.54, 1.807) is 0 Å². The second-order valence-electron chi connectivity index (χ2n) is 6.23.